The third-order valence-electron chi connectivity index (χ3n) is 7.41. The average Bonchev–Trinajstić information content (AvgIpc) is 3.33. The van der Waals surface area contributed by atoms with Crippen LogP contribution in [0.15, 0.2) is 42.6 Å². The summed E-state index contributed by atoms with van der Waals surface area (Å²) in [7, 11) is 1.60. The summed E-state index contributed by atoms with van der Waals surface area (Å²) in [5, 5.41) is 0.954. The Morgan fingerprint density at radius 2 is 1.92 bits per heavy atom. The van der Waals surface area contributed by atoms with Crippen LogP contribution < -0.4 is 4.74 Å². The van der Waals surface area contributed by atoms with Crippen LogP contribution in [0.2, 0.25) is 0 Å². The molecule has 3 heterocycles. The van der Waals surface area contributed by atoms with Gasteiger partial charge in [0, 0.05) is 55.1 Å². The molecule has 0 spiro atoms. The summed E-state index contributed by atoms with van der Waals surface area (Å²) in [6.07, 6.45) is 7.15. The number of allylic oxidation sites excluding steroid dienone is 1. The van der Waals surface area contributed by atoms with Crippen molar-refractivity contribution in [2.24, 2.45) is 0 Å². The lowest BCUT2D eigenvalue weighted by Gasteiger charge is -2.40. The van der Waals surface area contributed by atoms with Gasteiger partial charge in [0.1, 0.15) is 22.8 Å². The predicted octanol–water partition coefficient (Wildman–Crippen LogP) is 5.27. The molecule has 3 aromatic rings. The molecule has 202 valence electrons. The molecule has 1 saturated heterocycles. The Morgan fingerprint density at radius 1 is 1.13 bits per heavy atom. The van der Waals surface area contributed by atoms with Gasteiger partial charge in [-0.2, -0.15) is 0 Å². The molecule has 1 N–H and O–H groups in total. The lowest BCUT2D eigenvalue weighted by molar-refractivity contribution is -0.156. The van der Waals surface area contributed by atoms with E-state index in [0.29, 0.717) is 23.9 Å². The number of aromatic nitrogens is 2. The first-order valence-electron chi connectivity index (χ1n) is 13.4. The van der Waals surface area contributed by atoms with Gasteiger partial charge in [-0.3, -0.25) is 14.6 Å². The molecule has 2 aromatic heterocycles. The highest BCUT2D eigenvalue weighted by Gasteiger charge is 2.28. The minimum Gasteiger partial charge on any atom is -0.496 e. The van der Waals surface area contributed by atoms with E-state index in [1.165, 1.54) is 17.7 Å². The van der Waals surface area contributed by atoms with E-state index >= 15 is 0 Å². The number of hydrogen-bond acceptors (Lipinski definition) is 6. The van der Waals surface area contributed by atoms with Crippen LogP contribution in [0.4, 0.5) is 4.39 Å². The number of nitrogens with zero attached hydrogens (tertiary/aromatic N) is 3. The largest absolute Gasteiger partial charge is 0.496 e. The number of H-pyrrole nitrogens is 1. The van der Waals surface area contributed by atoms with Crippen LogP contribution in [0.3, 0.4) is 0 Å². The highest BCUT2D eigenvalue weighted by molar-refractivity contribution is 5.96. The summed E-state index contributed by atoms with van der Waals surface area (Å²) in [4.78, 5) is 24.9. The summed E-state index contributed by atoms with van der Waals surface area (Å²) >= 11 is 0. The zero-order valence-corrected chi connectivity index (χ0v) is 22.7. The van der Waals surface area contributed by atoms with Crippen molar-refractivity contribution in [2.75, 3.05) is 39.8 Å². The van der Waals surface area contributed by atoms with Gasteiger partial charge in [0.15, 0.2) is 0 Å². The molecule has 1 unspecified atom stereocenters. The highest BCUT2D eigenvalue weighted by atomic mass is 19.1. The van der Waals surface area contributed by atoms with Gasteiger partial charge in [-0.1, -0.05) is 6.08 Å². The lowest BCUT2D eigenvalue weighted by atomic mass is 9.91. The van der Waals surface area contributed by atoms with Gasteiger partial charge in [0.2, 0.25) is 0 Å². The van der Waals surface area contributed by atoms with Crippen molar-refractivity contribution >= 4 is 22.6 Å². The van der Waals surface area contributed by atoms with Crippen molar-refractivity contribution in [3.05, 3.63) is 54.1 Å². The number of carbonyl (C=O) groups is 1. The number of esters is 1. The van der Waals surface area contributed by atoms with Gasteiger partial charge in [-0.05, 0) is 81.5 Å². The number of pyridine rings is 1. The Hall–Kier alpha value is -3.23. The number of hydrogen-bond donors (Lipinski definition) is 1. The lowest BCUT2D eigenvalue weighted by Crippen LogP contribution is -2.52. The number of piperazine rings is 1. The smallest absolute Gasteiger partial charge is 0.320 e. The Labute approximate surface area is 223 Å². The number of ether oxygens (including phenoxy) is 2. The van der Waals surface area contributed by atoms with Crippen molar-refractivity contribution in [1.29, 1.82) is 0 Å². The van der Waals surface area contributed by atoms with E-state index in [9.17, 15) is 9.18 Å². The number of rotatable bonds is 6. The molecule has 5 rings (SSSR count). The van der Waals surface area contributed by atoms with Crippen molar-refractivity contribution in [2.45, 2.75) is 51.7 Å². The fraction of sp³-hybridized carbons (Fsp3) is 0.467. The first-order valence-corrected chi connectivity index (χ1v) is 13.4. The normalized spacial score (nSPS) is 19.4. The van der Waals surface area contributed by atoms with Crippen LogP contribution in [-0.2, 0) is 9.53 Å². The maximum absolute atomic E-state index is 14.1. The third-order valence-corrected chi connectivity index (χ3v) is 7.41. The average molecular weight is 521 g/mol. The summed E-state index contributed by atoms with van der Waals surface area (Å²) in [5.74, 6) is 0.184. The van der Waals surface area contributed by atoms with Gasteiger partial charge >= 0.3 is 5.97 Å². The van der Waals surface area contributed by atoms with E-state index in [0.717, 1.165) is 67.7 Å². The van der Waals surface area contributed by atoms with E-state index in [2.05, 4.69) is 31.9 Å². The second-order valence-corrected chi connectivity index (χ2v) is 11.2. The number of carbonyl (C=O) groups excluding carboxylic acids is 1. The summed E-state index contributed by atoms with van der Waals surface area (Å²) in [6, 6.07) is 9.13. The van der Waals surface area contributed by atoms with E-state index in [4.69, 9.17) is 9.47 Å². The third kappa shape index (κ3) is 5.92. The van der Waals surface area contributed by atoms with Gasteiger partial charge in [0.05, 0.1) is 13.7 Å². The van der Waals surface area contributed by atoms with E-state index < -0.39 is 5.60 Å². The number of aromatic amines is 1. The molecular weight excluding hydrogens is 483 g/mol. The molecule has 1 aromatic carbocycles. The topological polar surface area (TPSA) is 70.7 Å². The van der Waals surface area contributed by atoms with E-state index in [1.54, 1.807) is 19.4 Å². The van der Waals surface area contributed by atoms with Gasteiger partial charge in [-0.25, -0.2) is 9.37 Å². The summed E-state index contributed by atoms with van der Waals surface area (Å²) in [6.45, 7) is 9.76. The summed E-state index contributed by atoms with van der Waals surface area (Å²) < 4.78 is 25.1. The monoisotopic (exact) mass is 520 g/mol. The molecule has 8 heteroatoms. The Bertz CT molecular complexity index is 1340. The highest BCUT2D eigenvalue weighted by Crippen LogP contribution is 2.37. The molecule has 0 saturated carbocycles. The maximum Gasteiger partial charge on any atom is 0.320 e. The Kier molecular flexibility index (Phi) is 7.54. The fourth-order valence-corrected chi connectivity index (χ4v) is 5.57. The Balaban J connectivity index is 1.24. The molecule has 2 aliphatic rings. The second kappa shape index (κ2) is 10.9. The molecule has 1 aliphatic heterocycles. The van der Waals surface area contributed by atoms with Crippen LogP contribution in [-0.4, -0.2) is 77.2 Å². The molecule has 0 bridgehead atoms. The van der Waals surface area contributed by atoms with Crippen molar-refractivity contribution in [3.63, 3.8) is 0 Å². The van der Waals surface area contributed by atoms with Gasteiger partial charge < -0.3 is 14.5 Å². The molecule has 7 nitrogen and oxygen atoms in total. The maximum atomic E-state index is 14.1. The van der Waals surface area contributed by atoms with Crippen molar-refractivity contribution in [1.82, 2.24) is 19.8 Å². The van der Waals surface area contributed by atoms with Crippen LogP contribution in [0.25, 0.3) is 27.7 Å². The standard InChI is InChI=1S/C30H37FN4O3/c1-30(2,3)38-28(36)19-34-13-15-35(16-14-34)22-8-5-20(6-9-22)26-18-25-23(11-12-32-29(25)33-26)24-17-21(31)7-10-27(24)37-4/h5,7,10-12,17-18,22H,6,8-9,13-16,19H2,1-4H3,(H,32,33). The number of benzene rings is 1. The second-order valence-electron chi connectivity index (χ2n) is 11.2. The Morgan fingerprint density at radius 3 is 2.61 bits per heavy atom. The van der Waals surface area contributed by atoms with Crippen molar-refractivity contribution in [3.8, 4) is 16.9 Å². The van der Waals surface area contributed by atoms with Crippen LogP contribution in [0.5, 0.6) is 5.75 Å². The number of nitrogens with one attached hydrogen (secondary N) is 1. The fourth-order valence-electron chi connectivity index (χ4n) is 5.57. The predicted molar refractivity (Wildman–Crippen MR) is 148 cm³/mol. The molecule has 1 fully saturated rings. The van der Waals surface area contributed by atoms with Crippen molar-refractivity contribution < 1.29 is 18.7 Å². The SMILES string of the molecule is COc1ccc(F)cc1-c1ccnc2[nH]c(C3=CCC(N4CCN(CC(=O)OC(C)(C)C)CC4)CC3)cc12. The molecule has 38 heavy (non-hydrogen) atoms. The van der Waals surface area contributed by atoms with E-state index in [1.807, 2.05) is 26.8 Å². The number of methoxy groups -OCH3 is 1. The van der Waals surface area contributed by atoms with E-state index in [-0.39, 0.29) is 11.8 Å². The molecule has 0 amide bonds. The quantitative estimate of drug-likeness (QED) is 0.447. The zero-order chi connectivity index (χ0) is 26.9. The van der Waals surface area contributed by atoms with Crippen LogP contribution in [0.1, 0.15) is 45.7 Å². The molecule has 1 aliphatic carbocycles. The first-order chi connectivity index (χ1) is 18.2. The van der Waals surface area contributed by atoms with Crippen LogP contribution in [0, 0.1) is 5.82 Å². The zero-order valence-electron chi connectivity index (χ0n) is 22.7. The minimum atomic E-state index is -0.444. The van der Waals surface area contributed by atoms with Gasteiger partial charge in [0.25, 0.3) is 0 Å². The molecule has 0 radical (unpaired) electrons. The summed E-state index contributed by atoms with van der Waals surface area (Å²) in [5.41, 5.74) is 4.31. The first kappa shape index (κ1) is 26.4. The molecular formula is C30H37FN4O3. The van der Waals surface area contributed by atoms with Crippen LogP contribution >= 0.6 is 0 Å². The molecule has 1 atom stereocenters. The van der Waals surface area contributed by atoms with Gasteiger partial charge in [-0.15, -0.1) is 0 Å². The number of fused-ring (bicyclic) bond motifs is 1. The minimum absolute atomic E-state index is 0.150. The number of halogens is 1.